The number of carbonyl (C=O) groups excluding carboxylic acids is 2. The van der Waals surface area contributed by atoms with Crippen LogP contribution in [0.3, 0.4) is 0 Å². The van der Waals surface area contributed by atoms with E-state index in [9.17, 15) is 9.59 Å². The van der Waals surface area contributed by atoms with E-state index in [1.54, 1.807) is 24.5 Å². The molecule has 2 amide bonds. The van der Waals surface area contributed by atoms with Crippen LogP contribution in [-0.2, 0) is 11.3 Å². The van der Waals surface area contributed by atoms with E-state index >= 15 is 0 Å². The Hall–Kier alpha value is -2.77. The predicted octanol–water partition coefficient (Wildman–Crippen LogP) is 0.388. The molecule has 1 saturated heterocycles. The zero-order valence-electron chi connectivity index (χ0n) is 11.8. The van der Waals surface area contributed by atoms with Gasteiger partial charge in [0.05, 0.1) is 6.54 Å². The lowest BCUT2D eigenvalue weighted by Gasteiger charge is -2.18. The average molecular weight is 301 g/mol. The minimum Gasteiger partial charge on any atom is -0.356 e. The zero-order chi connectivity index (χ0) is 15.4. The van der Waals surface area contributed by atoms with Crippen molar-refractivity contribution in [3.63, 3.8) is 0 Å². The SMILES string of the molecule is O=C1CC(c2noc(CNC(=O)c3ccncc3)n2)CCN1. The van der Waals surface area contributed by atoms with Crippen molar-refractivity contribution in [2.45, 2.75) is 25.3 Å². The second kappa shape index (κ2) is 6.33. The summed E-state index contributed by atoms with van der Waals surface area (Å²) in [4.78, 5) is 31.4. The number of aromatic nitrogens is 3. The number of piperidine rings is 1. The third-order valence-electron chi connectivity index (χ3n) is 3.44. The maximum atomic E-state index is 11.9. The molecule has 0 aromatic carbocycles. The molecule has 2 aromatic rings. The lowest BCUT2D eigenvalue weighted by Crippen LogP contribution is -2.32. The standard InChI is InChI=1S/C14H15N5O3/c20-11-7-10(3-6-16-11)13-18-12(22-19-13)8-17-14(21)9-1-4-15-5-2-9/h1-2,4-5,10H,3,6-8H2,(H,16,20)(H,17,21). The molecule has 114 valence electrons. The summed E-state index contributed by atoms with van der Waals surface area (Å²) in [6.45, 7) is 0.763. The normalized spacial score (nSPS) is 17.8. The molecule has 1 aliphatic heterocycles. The van der Waals surface area contributed by atoms with E-state index in [0.717, 1.165) is 6.42 Å². The lowest BCUT2D eigenvalue weighted by atomic mass is 9.97. The van der Waals surface area contributed by atoms with Gasteiger partial charge in [-0.15, -0.1) is 0 Å². The fourth-order valence-corrected chi connectivity index (χ4v) is 2.27. The summed E-state index contributed by atoms with van der Waals surface area (Å²) in [6, 6.07) is 3.24. The van der Waals surface area contributed by atoms with Gasteiger partial charge in [-0.25, -0.2) is 0 Å². The van der Waals surface area contributed by atoms with Gasteiger partial charge in [0.15, 0.2) is 5.82 Å². The van der Waals surface area contributed by atoms with Crippen molar-refractivity contribution in [2.24, 2.45) is 0 Å². The first-order chi connectivity index (χ1) is 10.7. The Kier molecular flexibility index (Phi) is 4.08. The van der Waals surface area contributed by atoms with Crippen LogP contribution < -0.4 is 10.6 Å². The molecule has 1 aliphatic rings. The minimum atomic E-state index is -0.237. The van der Waals surface area contributed by atoms with Crippen LogP contribution in [0.1, 0.15) is 40.8 Å². The quantitative estimate of drug-likeness (QED) is 0.845. The van der Waals surface area contributed by atoms with Crippen LogP contribution >= 0.6 is 0 Å². The fraction of sp³-hybridized carbons (Fsp3) is 0.357. The Morgan fingerprint density at radius 3 is 3.00 bits per heavy atom. The van der Waals surface area contributed by atoms with Crippen molar-refractivity contribution in [1.29, 1.82) is 0 Å². The first kappa shape index (κ1) is 14.2. The van der Waals surface area contributed by atoms with E-state index in [0.29, 0.717) is 30.2 Å². The van der Waals surface area contributed by atoms with E-state index in [2.05, 4.69) is 25.8 Å². The Morgan fingerprint density at radius 1 is 1.41 bits per heavy atom. The number of nitrogens with one attached hydrogen (secondary N) is 2. The highest BCUT2D eigenvalue weighted by Crippen LogP contribution is 2.22. The molecule has 0 saturated carbocycles. The van der Waals surface area contributed by atoms with Gasteiger partial charge < -0.3 is 15.2 Å². The van der Waals surface area contributed by atoms with Crippen LogP contribution in [0, 0.1) is 0 Å². The average Bonchev–Trinajstić information content (AvgIpc) is 3.02. The highest BCUT2D eigenvalue weighted by atomic mass is 16.5. The highest BCUT2D eigenvalue weighted by molar-refractivity contribution is 5.93. The monoisotopic (exact) mass is 301 g/mol. The van der Waals surface area contributed by atoms with E-state index in [4.69, 9.17) is 4.52 Å². The number of amides is 2. The van der Waals surface area contributed by atoms with Crippen LogP contribution in [0.2, 0.25) is 0 Å². The van der Waals surface area contributed by atoms with Crippen molar-refractivity contribution < 1.29 is 14.1 Å². The van der Waals surface area contributed by atoms with Gasteiger partial charge in [-0.05, 0) is 18.6 Å². The topological polar surface area (TPSA) is 110 Å². The molecule has 1 atom stereocenters. The summed E-state index contributed by atoms with van der Waals surface area (Å²) in [5, 5.41) is 9.36. The van der Waals surface area contributed by atoms with Crippen LogP contribution in [0.25, 0.3) is 0 Å². The summed E-state index contributed by atoms with van der Waals surface area (Å²) < 4.78 is 5.12. The summed E-state index contributed by atoms with van der Waals surface area (Å²) in [6.07, 6.45) is 4.25. The maximum absolute atomic E-state index is 11.9. The first-order valence-corrected chi connectivity index (χ1v) is 7.00. The molecular formula is C14H15N5O3. The predicted molar refractivity (Wildman–Crippen MR) is 74.7 cm³/mol. The Labute approximate surface area is 126 Å². The number of hydrogen-bond donors (Lipinski definition) is 2. The summed E-state index contributed by atoms with van der Waals surface area (Å²) in [5.74, 6) is 0.571. The molecule has 2 N–H and O–H groups in total. The Bertz CT molecular complexity index is 670. The van der Waals surface area contributed by atoms with Gasteiger partial charge in [-0.3, -0.25) is 14.6 Å². The van der Waals surface area contributed by atoms with Gasteiger partial charge in [0.2, 0.25) is 11.8 Å². The molecule has 8 nitrogen and oxygen atoms in total. The van der Waals surface area contributed by atoms with Crippen molar-refractivity contribution in [3.05, 3.63) is 41.8 Å². The van der Waals surface area contributed by atoms with Gasteiger partial charge in [-0.1, -0.05) is 5.16 Å². The molecule has 0 bridgehead atoms. The summed E-state index contributed by atoms with van der Waals surface area (Å²) >= 11 is 0. The molecular weight excluding hydrogens is 286 g/mol. The van der Waals surface area contributed by atoms with Gasteiger partial charge >= 0.3 is 0 Å². The number of rotatable bonds is 4. The van der Waals surface area contributed by atoms with Gasteiger partial charge in [0.1, 0.15) is 0 Å². The van der Waals surface area contributed by atoms with Crippen molar-refractivity contribution in [3.8, 4) is 0 Å². The molecule has 0 aliphatic carbocycles. The molecule has 1 fully saturated rings. The zero-order valence-corrected chi connectivity index (χ0v) is 11.8. The molecule has 0 radical (unpaired) electrons. The molecule has 2 aromatic heterocycles. The molecule has 8 heteroatoms. The van der Waals surface area contributed by atoms with Crippen LogP contribution in [0.15, 0.2) is 29.0 Å². The van der Waals surface area contributed by atoms with Crippen molar-refractivity contribution >= 4 is 11.8 Å². The van der Waals surface area contributed by atoms with Gasteiger partial charge in [0.25, 0.3) is 5.91 Å². The second-order valence-electron chi connectivity index (χ2n) is 5.00. The number of nitrogens with zero attached hydrogens (tertiary/aromatic N) is 3. The third kappa shape index (κ3) is 3.27. The lowest BCUT2D eigenvalue weighted by molar-refractivity contribution is -0.122. The van der Waals surface area contributed by atoms with Crippen LogP contribution in [0.4, 0.5) is 0 Å². The number of pyridine rings is 1. The Balaban J connectivity index is 1.58. The van der Waals surface area contributed by atoms with Crippen molar-refractivity contribution in [1.82, 2.24) is 25.8 Å². The smallest absolute Gasteiger partial charge is 0.251 e. The molecule has 1 unspecified atom stereocenters. The first-order valence-electron chi connectivity index (χ1n) is 7.00. The molecule has 3 heterocycles. The van der Waals surface area contributed by atoms with Gasteiger partial charge in [-0.2, -0.15) is 4.98 Å². The van der Waals surface area contributed by atoms with Crippen LogP contribution in [0.5, 0.6) is 0 Å². The number of hydrogen-bond acceptors (Lipinski definition) is 6. The maximum Gasteiger partial charge on any atom is 0.251 e. The van der Waals surface area contributed by atoms with E-state index in [1.165, 1.54) is 0 Å². The summed E-state index contributed by atoms with van der Waals surface area (Å²) in [7, 11) is 0. The minimum absolute atomic E-state index is 0.00594. The number of carbonyl (C=O) groups is 2. The second-order valence-corrected chi connectivity index (χ2v) is 5.00. The van der Waals surface area contributed by atoms with Crippen molar-refractivity contribution in [2.75, 3.05) is 6.54 Å². The third-order valence-corrected chi connectivity index (χ3v) is 3.44. The van der Waals surface area contributed by atoms with Gasteiger partial charge in [0, 0.05) is 36.8 Å². The Morgan fingerprint density at radius 2 is 2.23 bits per heavy atom. The van der Waals surface area contributed by atoms with E-state index in [1.807, 2.05) is 0 Å². The van der Waals surface area contributed by atoms with E-state index < -0.39 is 0 Å². The largest absolute Gasteiger partial charge is 0.356 e. The highest BCUT2D eigenvalue weighted by Gasteiger charge is 2.25. The summed E-state index contributed by atoms with van der Waals surface area (Å²) in [5.41, 5.74) is 0.513. The molecule has 22 heavy (non-hydrogen) atoms. The molecule has 0 spiro atoms. The van der Waals surface area contributed by atoms with Crippen LogP contribution in [-0.4, -0.2) is 33.5 Å². The van der Waals surface area contributed by atoms with E-state index in [-0.39, 0.29) is 24.3 Å². The fourth-order valence-electron chi connectivity index (χ4n) is 2.27. The molecule has 3 rings (SSSR count).